The molecule has 0 aliphatic carbocycles. The fourth-order valence-corrected chi connectivity index (χ4v) is 2.66. The number of anilines is 1. The molecule has 0 saturated heterocycles. The molecule has 0 heterocycles. The zero-order valence-corrected chi connectivity index (χ0v) is 15.8. The van der Waals surface area contributed by atoms with Crippen LogP contribution in [0.5, 0.6) is 11.5 Å². The van der Waals surface area contributed by atoms with Crippen LogP contribution in [0.3, 0.4) is 0 Å². The van der Waals surface area contributed by atoms with Crippen LogP contribution in [0.1, 0.15) is 21.5 Å². The van der Waals surface area contributed by atoms with Gasteiger partial charge < -0.3 is 15.2 Å². The summed E-state index contributed by atoms with van der Waals surface area (Å²) in [6, 6.07) is 15.6. The number of ether oxygens (including phenoxy) is 1. The third-order valence-electron chi connectivity index (χ3n) is 4.16. The second-order valence-electron chi connectivity index (χ2n) is 6.24. The molecule has 2 N–H and O–H groups in total. The van der Waals surface area contributed by atoms with E-state index in [0.29, 0.717) is 17.0 Å². The Morgan fingerprint density at radius 2 is 1.80 bits per heavy atom. The molecule has 0 saturated carbocycles. The van der Waals surface area contributed by atoms with Crippen molar-refractivity contribution in [2.45, 2.75) is 6.18 Å². The van der Waals surface area contributed by atoms with Gasteiger partial charge >= 0.3 is 6.18 Å². The van der Waals surface area contributed by atoms with Gasteiger partial charge in [0.1, 0.15) is 0 Å². The topological polar surface area (TPSA) is 70.9 Å². The number of rotatable bonds is 5. The molecule has 0 atom stereocenters. The van der Waals surface area contributed by atoms with Crippen LogP contribution in [0.4, 0.5) is 24.5 Å². The molecule has 8 heteroatoms. The van der Waals surface area contributed by atoms with Crippen LogP contribution >= 0.6 is 0 Å². The Labute approximate surface area is 170 Å². The number of halogens is 3. The summed E-state index contributed by atoms with van der Waals surface area (Å²) in [5.41, 5.74) is 0.251. The van der Waals surface area contributed by atoms with Gasteiger partial charge in [0.05, 0.1) is 18.4 Å². The Balaban J connectivity index is 1.78. The highest BCUT2D eigenvalue weighted by Gasteiger charge is 2.30. The fourth-order valence-electron chi connectivity index (χ4n) is 2.66. The molecule has 5 nitrogen and oxygen atoms in total. The van der Waals surface area contributed by atoms with Crippen LogP contribution < -0.4 is 10.1 Å². The number of carbonyl (C=O) groups excluding carboxylic acids is 1. The molecule has 154 valence electrons. The molecule has 0 aromatic heterocycles. The summed E-state index contributed by atoms with van der Waals surface area (Å²) in [5.74, 6) is -0.342. The minimum atomic E-state index is -4.50. The van der Waals surface area contributed by atoms with E-state index < -0.39 is 17.6 Å². The molecule has 0 unspecified atom stereocenters. The van der Waals surface area contributed by atoms with E-state index in [9.17, 15) is 23.1 Å². The molecule has 1 amide bonds. The Kier molecular flexibility index (Phi) is 6.06. The summed E-state index contributed by atoms with van der Waals surface area (Å²) in [5, 5.41) is 12.5. The standard InChI is InChI=1S/C22H17F3N2O3/c1-30-19-10-3-6-15(20(19)28)13-26-17-8-2-5-14(11-17)21(29)27-18-9-4-7-16(12-18)22(23,24)25/h2-13,28H,1H3,(H,27,29). The molecule has 0 aliphatic rings. The first-order valence-electron chi connectivity index (χ1n) is 8.76. The van der Waals surface area contributed by atoms with Crippen molar-refractivity contribution in [3.8, 4) is 11.5 Å². The summed E-state index contributed by atoms with van der Waals surface area (Å²) in [4.78, 5) is 16.7. The van der Waals surface area contributed by atoms with Gasteiger partial charge in [-0.3, -0.25) is 9.79 Å². The molecule has 0 fully saturated rings. The third kappa shape index (κ3) is 4.96. The molecule has 3 aromatic carbocycles. The summed E-state index contributed by atoms with van der Waals surface area (Å²) in [6.45, 7) is 0. The fraction of sp³-hybridized carbons (Fsp3) is 0.0909. The zero-order valence-electron chi connectivity index (χ0n) is 15.8. The van der Waals surface area contributed by atoms with Gasteiger partial charge in [-0.05, 0) is 48.5 Å². The number of alkyl halides is 3. The number of aromatic hydroxyl groups is 1. The number of phenolic OH excluding ortho intramolecular Hbond substituents is 1. The van der Waals surface area contributed by atoms with E-state index in [0.717, 1.165) is 12.1 Å². The van der Waals surface area contributed by atoms with Crippen LogP contribution in [-0.2, 0) is 6.18 Å². The van der Waals surface area contributed by atoms with E-state index in [4.69, 9.17) is 4.74 Å². The van der Waals surface area contributed by atoms with Gasteiger partial charge in [0.2, 0.25) is 0 Å². The van der Waals surface area contributed by atoms with E-state index in [-0.39, 0.29) is 17.0 Å². The minimum Gasteiger partial charge on any atom is -0.504 e. The van der Waals surface area contributed by atoms with Gasteiger partial charge in [0.15, 0.2) is 11.5 Å². The number of hydrogen-bond donors (Lipinski definition) is 2. The van der Waals surface area contributed by atoms with E-state index in [1.807, 2.05) is 0 Å². The molecule has 0 aliphatic heterocycles. The predicted octanol–water partition coefficient (Wildman–Crippen LogP) is 5.42. The van der Waals surface area contributed by atoms with Crippen LogP contribution in [0.2, 0.25) is 0 Å². The lowest BCUT2D eigenvalue weighted by Crippen LogP contribution is -2.13. The highest BCUT2D eigenvalue weighted by atomic mass is 19.4. The number of para-hydroxylation sites is 1. The van der Waals surface area contributed by atoms with Crippen molar-refractivity contribution in [2.24, 2.45) is 4.99 Å². The quantitative estimate of drug-likeness (QED) is 0.548. The largest absolute Gasteiger partial charge is 0.504 e. The second-order valence-corrected chi connectivity index (χ2v) is 6.24. The normalized spacial score (nSPS) is 11.5. The van der Waals surface area contributed by atoms with Gasteiger partial charge in [0, 0.05) is 23.0 Å². The number of nitrogens with zero attached hydrogens (tertiary/aromatic N) is 1. The van der Waals surface area contributed by atoms with Crippen molar-refractivity contribution in [1.29, 1.82) is 0 Å². The summed E-state index contributed by atoms with van der Waals surface area (Å²) < 4.78 is 43.5. The Morgan fingerprint density at radius 1 is 1.07 bits per heavy atom. The number of methoxy groups -OCH3 is 1. The molecule has 0 radical (unpaired) electrons. The highest BCUT2D eigenvalue weighted by Crippen LogP contribution is 2.31. The van der Waals surface area contributed by atoms with Crippen molar-refractivity contribution >= 4 is 23.5 Å². The molecule has 3 rings (SSSR count). The molecule has 0 bridgehead atoms. The lowest BCUT2D eigenvalue weighted by molar-refractivity contribution is -0.137. The number of phenols is 1. The first kappa shape index (κ1) is 20.9. The second kappa shape index (κ2) is 8.69. The summed E-state index contributed by atoms with van der Waals surface area (Å²) >= 11 is 0. The van der Waals surface area contributed by atoms with Crippen molar-refractivity contribution in [3.63, 3.8) is 0 Å². The van der Waals surface area contributed by atoms with Crippen LogP contribution in [0.25, 0.3) is 0 Å². The smallest absolute Gasteiger partial charge is 0.416 e. The number of nitrogens with one attached hydrogen (secondary N) is 1. The van der Waals surface area contributed by atoms with Gasteiger partial charge in [0.25, 0.3) is 5.91 Å². The zero-order chi connectivity index (χ0) is 21.7. The Bertz CT molecular complexity index is 1090. The minimum absolute atomic E-state index is 0.0324. The SMILES string of the molecule is COc1cccc(C=Nc2cccc(C(=O)Nc3cccc(C(F)(F)F)c3)c2)c1O. The molecular formula is C22H17F3N2O3. The predicted molar refractivity (Wildman–Crippen MR) is 108 cm³/mol. The van der Waals surface area contributed by atoms with Crippen molar-refractivity contribution < 1.29 is 27.8 Å². The Hall–Kier alpha value is -3.81. The number of benzene rings is 3. The number of carbonyl (C=O) groups is 1. The monoisotopic (exact) mass is 414 g/mol. The first-order chi connectivity index (χ1) is 14.3. The molecular weight excluding hydrogens is 397 g/mol. The van der Waals surface area contributed by atoms with E-state index in [1.165, 1.54) is 37.6 Å². The molecule has 3 aromatic rings. The first-order valence-corrected chi connectivity index (χ1v) is 8.76. The van der Waals surface area contributed by atoms with Crippen LogP contribution in [0, 0.1) is 0 Å². The van der Waals surface area contributed by atoms with Gasteiger partial charge in [-0.15, -0.1) is 0 Å². The van der Waals surface area contributed by atoms with Gasteiger partial charge in [-0.1, -0.05) is 18.2 Å². The average Bonchev–Trinajstić information content (AvgIpc) is 2.73. The maximum Gasteiger partial charge on any atom is 0.416 e. The van der Waals surface area contributed by atoms with Crippen LogP contribution in [-0.4, -0.2) is 24.3 Å². The number of hydrogen-bond acceptors (Lipinski definition) is 4. The van der Waals surface area contributed by atoms with Gasteiger partial charge in [-0.25, -0.2) is 0 Å². The van der Waals surface area contributed by atoms with E-state index in [2.05, 4.69) is 10.3 Å². The number of aliphatic imine (C=N–C) groups is 1. The maximum absolute atomic E-state index is 12.8. The molecule has 30 heavy (non-hydrogen) atoms. The maximum atomic E-state index is 12.8. The number of amides is 1. The lowest BCUT2D eigenvalue weighted by Gasteiger charge is -2.10. The lowest BCUT2D eigenvalue weighted by atomic mass is 10.1. The van der Waals surface area contributed by atoms with E-state index >= 15 is 0 Å². The summed E-state index contributed by atoms with van der Waals surface area (Å²) in [7, 11) is 1.43. The molecule has 0 spiro atoms. The van der Waals surface area contributed by atoms with Crippen molar-refractivity contribution in [2.75, 3.05) is 12.4 Å². The summed E-state index contributed by atoms with van der Waals surface area (Å²) in [6.07, 6.45) is -3.08. The Morgan fingerprint density at radius 3 is 2.53 bits per heavy atom. The van der Waals surface area contributed by atoms with Crippen molar-refractivity contribution in [3.05, 3.63) is 83.4 Å². The van der Waals surface area contributed by atoms with E-state index in [1.54, 1.807) is 30.3 Å². The van der Waals surface area contributed by atoms with Crippen LogP contribution in [0.15, 0.2) is 71.7 Å². The highest BCUT2D eigenvalue weighted by molar-refractivity contribution is 6.04. The third-order valence-corrected chi connectivity index (χ3v) is 4.16. The van der Waals surface area contributed by atoms with Crippen molar-refractivity contribution in [1.82, 2.24) is 0 Å². The average molecular weight is 414 g/mol. The van der Waals surface area contributed by atoms with Gasteiger partial charge in [-0.2, -0.15) is 13.2 Å².